The van der Waals surface area contributed by atoms with E-state index < -0.39 is 4.92 Å². The van der Waals surface area contributed by atoms with Crippen LogP contribution in [-0.2, 0) is 6.42 Å². The van der Waals surface area contributed by atoms with Crippen molar-refractivity contribution in [2.24, 2.45) is 0 Å². The SMILES string of the molecule is CCc1ccnc(NC)c1[N+](=O)[O-]. The number of hydrogen-bond acceptors (Lipinski definition) is 4. The van der Waals surface area contributed by atoms with Gasteiger partial charge in [0, 0.05) is 18.8 Å². The van der Waals surface area contributed by atoms with Gasteiger partial charge in [0.2, 0.25) is 5.82 Å². The number of rotatable bonds is 3. The van der Waals surface area contributed by atoms with Gasteiger partial charge in [0.05, 0.1) is 4.92 Å². The highest BCUT2D eigenvalue weighted by atomic mass is 16.6. The van der Waals surface area contributed by atoms with Crippen molar-refractivity contribution in [1.82, 2.24) is 4.98 Å². The lowest BCUT2D eigenvalue weighted by Gasteiger charge is -2.03. The van der Waals surface area contributed by atoms with Gasteiger partial charge in [-0.2, -0.15) is 0 Å². The van der Waals surface area contributed by atoms with Crippen molar-refractivity contribution in [1.29, 1.82) is 0 Å². The number of aryl methyl sites for hydroxylation is 1. The van der Waals surface area contributed by atoms with E-state index in [1.807, 2.05) is 6.92 Å². The number of pyridine rings is 1. The van der Waals surface area contributed by atoms with Crippen molar-refractivity contribution in [2.45, 2.75) is 13.3 Å². The predicted octanol–water partition coefficient (Wildman–Crippen LogP) is 1.59. The van der Waals surface area contributed by atoms with Crippen molar-refractivity contribution in [3.63, 3.8) is 0 Å². The van der Waals surface area contributed by atoms with Gasteiger partial charge in [-0.15, -0.1) is 0 Å². The lowest BCUT2D eigenvalue weighted by Crippen LogP contribution is -2.02. The van der Waals surface area contributed by atoms with Crippen LogP contribution in [0.3, 0.4) is 0 Å². The number of nitrogens with zero attached hydrogens (tertiary/aromatic N) is 2. The predicted molar refractivity (Wildman–Crippen MR) is 49.8 cm³/mol. The van der Waals surface area contributed by atoms with Crippen LogP contribution >= 0.6 is 0 Å². The molecule has 70 valence electrons. The molecule has 0 fully saturated rings. The number of aromatic nitrogens is 1. The molecule has 0 radical (unpaired) electrons. The summed E-state index contributed by atoms with van der Waals surface area (Å²) in [6, 6.07) is 1.67. The lowest BCUT2D eigenvalue weighted by atomic mass is 10.2. The van der Waals surface area contributed by atoms with Crippen molar-refractivity contribution in [3.05, 3.63) is 27.9 Å². The van der Waals surface area contributed by atoms with Gasteiger partial charge in [0.25, 0.3) is 0 Å². The van der Waals surface area contributed by atoms with Crippen molar-refractivity contribution in [2.75, 3.05) is 12.4 Å². The summed E-state index contributed by atoms with van der Waals surface area (Å²) < 4.78 is 0. The smallest absolute Gasteiger partial charge is 0.314 e. The number of nitro groups is 1. The molecule has 1 aromatic rings. The minimum Gasteiger partial charge on any atom is -0.367 e. The van der Waals surface area contributed by atoms with E-state index in [1.54, 1.807) is 19.3 Å². The molecule has 0 spiro atoms. The maximum absolute atomic E-state index is 10.7. The molecule has 13 heavy (non-hydrogen) atoms. The highest BCUT2D eigenvalue weighted by Crippen LogP contribution is 2.25. The summed E-state index contributed by atoms with van der Waals surface area (Å²) in [6.45, 7) is 1.88. The highest BCUT2D eigenvalue weighted by molar-refractivity contribution is 5.59. The first kappa shape index (κ1) is 9.44. The molecule has 0 aliphatic carbocycles. The van der Waals surface area contributed by atoms with Crippen LogP contribution in [0.2, 0.25) is 0 Å². The van der Waals surface area contributed by atoms with E-state index in [-0.39, 0.29) is 5.69 Å². The summed E-state index contributed by atoms with van der Waals surface area (Å²) >= 11 is 0. The van der Waals surface area contributed by atoms with Crippen molar-refractivity contribution in [3.8, 4) is 0 Å². The van der Waals surface area contributed by atoms with Gasteiger partial charge in [-0.1, -0.05) is 6.92 Å². The van der Waals surface area contributed by atoms with Gasteiger partial charge < -0.3 is 5.32 Å². The molecule has 1 heterocycles. The molecule has 0 aliphatic rings. The second-order valence-corrected chi connectivity index (χ2v) is 2.53. The van der Waals surface area contributed by atoms with Crippen LogP contribution in [-0.4, -0.2) is 17.0 Å². The Hall–Kier alpha value is -1.65. The number of nitrogens with one attached hydrogen (secondary N) is 1. The Labute approximate surface area is 75.9 Å². The first-order valence-corrected chi connectivity index (χ1v) is 4.00. The average Bonchev–Trinajstić information content (AvgIpc) is 2.16. The van der Waals surface area contributed by atoms with Crippen LogP contribution in [0.4, 0.5) is 11.5 Å². The fraction of sp³-hybridized carbons (Fsp3) is 0.375. The zero-order valence-electron chi connectivity index (χ0n) is 7.57. The van der Waals surface area contributed by atoms with Crippen LogP contribution in [0.15, 0.2) is 12.3 Å². The molecule has 0 aromatic carbocycles. The molecule has 0 amide bonds. The Morgan fingerprint density at radius 3 is 2.85 bits per heavy atom. The fourth-order valence-corrected chi connectivity index (χ4v) is 1.17. The first-order chi connectivity index (χ1) is 6.20. The van der Waals surface area contributed by atoms with Crippen LogP contribution in [0, 0.1) is 10.1 Å². The third kappa shape index (κ3) is 1.74. The Balaban J connectivity index is 3.29. The van der Waals surface area contributed by atoms with Gasteiger partial charge in [0.15, 0.2) is 0 Å². The molecule has 0 bridgehead atoms. The largest absolute Gasteiger partial charge is 0.367 e. The second kappa shape index (κ2) is 3.84. The van der Waals surface area contributed by atoms with Crippen molar-refractivity contribution < 1.29 is 4.92 Å². The Morgan fingerprint density at radius 1 is 1.69 bits per heavy atom. The average molecular weight is 181 g/mol. The molecule has 0 atom stereocenters. The van der Waals surface area contributed by atoms with E-state index in [0.717, 1.165) is 0 Å². The Kier molecular flexibility index (Phi) is 2.79. The molecule has 1 aromatic heterocycles. The monoisotopic (exact) mass is 181 g/mol. The minimum atomic E-state index is -0.405. The maximum Gasteiger partial charge on any atom is 0.314 e. The highest BCUT2D eigenvalue weighted by Gasteiger charge is 2.18. The van der Waals surface area contributed by atoms with Crippen LogP contribution < -0.4 is 5.32 Å². The molecule has 1 rings (SSSR count). The summed E-state index contributed by atoms with van der Waals surface area (Å²) in [5.41, 5.74) is 0.775. The second-order valence-electron chi connectivity index (χ2n) is 2.53. The van der Waals surface area contributed by atoms with E-state index >= 15 is 0 Å². The molecule has 0 unspecified atom stereocenters. The summed E-state index contributed by atoms with van der Waals surface area (Å²) in [4.78, 5) is 14.2. The summed E-state index contributed by atoms with van der Waals surface area (Å²) in [5, 5.41) is 13.4. The number of anilines is 1. The summed E-state index contributed by atoms with van der Waals surface area (Å²) in [5.74, 6) is 0.323. The van der Waals surface area contributed by atoms with Gasteiger partial charge in [-0.05, 0) is 12.5 Å². The molecule has 0 saturated heterocycles. The Bertz CT molecular complexity index is 303. The molecular weight excluding hydrogens is 170 g/mol. The van der Waals surface area contributed by atoms with Crippen LogP contribution in [0.25, 0.3) is 0 Å². The third-order valence-electron chi connectivity index (χ3n) is 1.81. The van der Waals surface area contributed by atoms with E-state index in [1.165, 1.54) is 0 Å². The molecule has 5 heteroatoms. The maximum atomic E-state index is 10.7. The molecule has 5 nitrogen and oxygen atoms in total. The topological polar surface area (TPSA) is 68.1 Å². The van der Waals surface area contributed by atoms with Gasteiger partial charge in [0.1, 0.15) is 0 Å². The zero-order chi connectivity index (χ0) is 9.84. The van der Waals surface area contributed by atoms with E-state index in [4.69, 9.17) is 0 Å². The lowest BCUT2D eigenvalue weighted by molar-refractivity contribution is -0.384. The van der Waals surface area contributed by atoms with E-state index in [2.05, 4.69) is 10.3 Å². The fourth-order valence-electron chi connectivity index (χ4n) is 1.17. The Morgan fingerprint density at radius 2 is 2.38 bits per heavy atom. The zero-order valence-corrected chi connectivity index (χ0v) is 7.57. The first-order valence-electron chi connectivity index (χ1n) is 4.00. The molecule has 1 N–H and O–H groups in total. The summed E-state index contributed by atoms with van der Waals surface area (Å²) in [7, 11) is 1.62. The molecule has 0 aliphatic heterocycles. The summed E-state index contributed by atoms with van der Waals surface area (Å²) in [6.07, 6.45) is 2.20. The molecular formula is C8H11N3O2. The van der Waals surface area contributed by atoms with Crippen molar-refractivity contribution >= 4 is 11.5 Å². The minimum absolute atomic E-state index is 0.0764. The quantitative estimate of drug-likeness (QED) is 0.568. The molecule has 0 saturated carbocycles. The van der Waals surface area contributed by atoms with Crippen LogP contribution in [0.1, 0.15) is 12.5 Å². The van der Waals surface area contributed by atoms with E-state index in [0.29, 0.717) is 17.8 Å². The third-order valence-corrected chi connectivity index (χ3v) is 1.81. The van der Waals surface area contributed by atoms with Gasteiger partial charge in [-0.3, -0.25) is 10.1 Å². The van der Waals surface area contributed by atoms with Gasteiger partial charge >= 0.3 is 5.69 Å². The normalized spacial score (nSPS) is 9.69. The van der Waals surface area contributed by atoms with E-state index in [9.17, 15) is 10.1 Å². The van der Waals surface area contributed by atoms with Gasteiger partial charge in [-0.25, -0.2) is 4.98 Å². The van der Waals surface area contributed by atoms with Crippen LogP contribution in [0.5, 0.6) is 0 Å². The standard InChI is InChI=1S/C8H11N3O2/c1-3-6-4-5-10-8(9-2)7(6)11(12)13/h4-5H,3H2,1-2H3,(H,9,10). The number of hydrogen-bond donors (Lipinski definition) is 1.